The smallest absolute Gasteiger partial charge is 0.200 e. The number of allylic oxidation sites excluding steroid dienone is 1. The van der Waals surface area contributed by atoms with Crippen molar-refractivity contribution in [3.05, 3.63) is 41.5 Å². The van der Waals surface area contributed by atoms with Crippen LogP contribution in [0.4, 0.5) is 8.78 Å². The van der Waals surface area contributed by atoms with Gasteiger partial charge in [0.1, 0.15) is 0 Å². The van der Waals surface area contributed by atoms with Gasteiger partial charge in [-0.15, -0.1) is 0 Å². The summed E-state index contributed by atoms with van der Waals surface area (Å²) in [5.74, 6) is -1.90. The summed E-state index contributed by atoms with van der Waals surface area (Å²) in [4.78, 5) is 0. The van der Waals surface area contributed by atoms with E-state index in [4.69, 9.17) is 4.74 Å². The van der Waals surface area contributed by atoms with E-state index < -0.39 is 11.6 Å². The van der Waals surface area contributed by atoms with Crippen LogP contribution in [0, 0.1) is 11.6 Å². The number of benzene rings is 1. The van der Waals surface area contributed by atoms with E-state index in [-0.39, 0.29) is 5.75 Å². The molecule has 0 amide bonds. The highest BCUT2D eigenvalue weighted by atomic mass is 19.2. The van der Waals surface area contributed by atoms with E-state index >= 15 is 0 Å². The van der Waals surface area contributed by atoms with Crippen LogP contribution in [-0.4, -0.2) is 7.11 Å². The zero-order valence-electron chi connectivity index (χ0n) is 8.23. The van der Waals surface area contributed by atoms with Crippen LogP contribution in [0.15, 0.2) is 24.3 Å². The molecule has 1 nitrogen and oxygen atoms in total. The molecule has 1 rings (SSSR count). The number of methoxy groups -OCH3 is 1. The molecule has 0 aliphatic rings. The van der Waals surface area contributed by atoms with Crippen LogP contribution < -0.4 is 4.74 Å². The predicted octanol–water partition coefficient (Wildman–Crippen LogP) is 3.09. The lowest BCUT2D eigenvalue weighted by Gasteiger charge is -2.06. The highest BCUT2D eigenvalue weighted by molar-refractivity contribution is 5.33. The van der Waals surface area contributed by atoms with Gasteiger partial charge in [-0.2, -0.15) is 4.39 Å². The van der Waals surface area contributed by atoms with Crippen molar-refractivity contribution < 1.29 is 13.5 Å². The molecule has 76 valence electrons. The third-order valence-corrected chi connectivity index (χ3v) is 1.78. The summed E-state index contributed by atoms with van der Waals surface area (Å²) in [5, 5.41) is 0. The van der Waals surface area contributed by atoms with Crippen molar-refractivity contribution in [2.75, 3.05) is 7.11 Å². The molecule has 0 N–H and O–H groups in total. The molecule has 0 heterocycles. The standard InChI is InChI=1S/C11H12F2O/c1-7(2)4-8-5-9(12)11(13)10(6-8)14-3/h5-6H,1,4H2,2-3H3. The Morgan fingerprint density at radius 1 is 1.43 bits per heavy atom. The third kappa shape index (κ3) is 2.31. The Balaban J connectivity index is 3.09. The molecule has 0 aliphatic heterocycles. The van der Waals surface area contributed by atoms with E-state index in [1.807, 2.05) is 6.92 Å². The third-order valence-electron chi connectivity index (χ3n) is 1.78. The van der Waals surface area contributed by atoms with Crippen LogP contribution in [-0.2, 0) is 6.42 Å². The van der Waals surface area contributed by atoms with Crippen LogP contribution in [0.25, 0.3) is 0 Å². The molecule has 0 radical (unpaired) electrons. The Kier molecular flexibility index (Phi) is 3.23. The minimum Gasteiger partial charge on any atom is -0.494 e. The van der Waals surface area contributed by atoms with Gasteiger partial charge in [0.2, 0.25) is 5.82 Å². The SMILES string of the molecule is C=C(C)Cc1cc(F)c(F)c(OC)c1. The summed E-state index contributed by atoms with van der Waals surface area (Å²) in [6, 6.07) is 2.64. The first-order valence-electron chi connectivity index (χ1n) is 4.21. The number of ether oxygens (including phenoxy) is 1. The van der Waals surface area contributed by atoms with Crippen LogP contribution in [0.1, 0.15) is 12.5 Å². The zero-order valence-corrected chi connectivity index (χ0v) is 8.23. The largest absolute Gasteiger partial charge is 0.494 e. The molecule has 0 atom stereocenters. The van der Waals surface area contributed by atoms with Gasteiger partial charge in [0.25, 0.3) is 0 Å². The van der Waals surface area contributed by atoms with Gasteiger partial charge in [0.15, 0.2) is 11.6 Å². The van der Waals surface area contributed by atoms with Gasteiger partial charge < -0.3 is 4.74 Å². The Hall–Kier alpha value is -1.38. The fourth-order valence-corrected chi connectivity index (χ4v) is 1.22. The highest BCUT2D eigenvalue weighted by Gasteiger charge is 2.10. The van der Waals surface area contributed by atoms with Crippen LogP contribution in [0.2, 0.25) is 0 Å². The van der Waals surface area contributed by atoms with Crippen molar-refractivity contribution in [3.63, 3.8) is 0 Å². The van der Waals surface area contributed by atoms with Crippen molar-refractivity contribution >= 4 is 0 Å². The summed E-state index contributed by atoms with van der Waals surface area (Å²) in [7, 11) is 1.31. The fourth-order valence-electron chi connectivity index (χ4n) is 1.22. The summed E-state index contributed by atoms with van der Waals surface area (Å²) in [6.45, 7) is 5.53. The zero-order chi connectivity index (χ0) is 10.7. The van der Waals surface area contributed by atoms with E-state index in [0.29, 0.717) is 12.0 Å². The first-order valence-corrected chi connectivity index (χ1v) is 4.21. The van der Waals surface area contributed by atoms with Gasteiger partial charge in [-0.1, -0.05) is 12.2 Å². The molecular weight excluding hydrogens is 186 g/mol. The number of hydrogen-bond acceptors (Lipinski definition) is 1. The van der Waals surface area contributed by atoms with Gasteiger partial charge in [0.05, 0.1) is 7.11 Å². The van der Waals surface area contributed by atoms with Gasteiger partial charge in [-0.05, 0) is 31.0 Å². The van der Waals surface area contributed by atoms with E-state index in [9.17, 15) is 8.78 Å². The Bertz CT molecular complexity index is 359. The monoisotopic (exact) mass is 198 g/mol. The molecule has 1 aromatic carbocycles. The summed E-state index contributed by atoms with van der Waals surface area (Å²) < 4.78 is 30.7. The van der Waals surface area contributed by atoms with Crippen molar-refractivity contribution in [3.8, 4) is 5.75 Å². The molecule has 0 bridgehead atoms. The van der Waals surface area contributed by atoms with E-state index in [1.165, 1.54) is 13.2 Å². The molecule has 1 aromatic rings. The van der Waals surface area contributed by atoms with Crippen molar-refractivity contribution in [1.29, 1.82) is 0 Å². The number of rotatable bonds is 3. The van der Waals surface area contributed by atoms with Gasteiger partial charge in [-0.25, -0.2) is 4.39 Å². The Labute approximate surface area is 82.0 Å². The Morgan fingerprint density at radius 2 is 2.07 bits per heavy atom. The van der Waals surface area contributed by atoms with Crippen LogP contribution >= 0.6 is 0 Å². The van der Waals surface area contributed by atoms with Gasteiger partial charge in [0, 0.05) is 0 Å². The lowest BCUT2D eigenvalue weighted by atomic mass is 10.1. The quantitative estimate of drug-likeness (QED) is 0.678. The molecule has 3 heteroatoms. The summed E-state index contributed by atoms with van der Waals surface area (Å²) in [6.07, 6.45) is 0.521. The minimum atomic E-state index is -0.946. The first-order chi connectivity index (χ1) is 6.54. The topological polar surface area (TPSA) is 9.23 Å². The maximum absolute atomic E-state index is 13.0. The van der Waals surface area contributed by atoms with Crippen molar-refractivity contribution in [1.82, 2.24) is 0 Å². The van der Waals surface area contributed by atoms with Gasteiger partial charge in [-0.3, -0.25) is 0 Å². The molecule has 0 saturated carbocycles. The second-order valence-corrected chi connectivity index (χ2v) is 3.23. The lowest BCUT2D eigenvalue weighted by Crippen LogP contribution is -1.96. The predicted molar refractivity (Wildman–Crippen MR) is 51.4 cm³/mol. The molecular formula is C11H12F2O. The fraction of sp³-hybridized carbons (Fsp3) is 0.273. The van der Waals surface area contributed by atoms with Gasteiger partial charge >= 0.3 is 0 Å². The van der Waals surface area contributed by atoms with E-state index in [1.54, 1.807) is 0 Å². The highest BCUT2D eigenvalue weighted by Crippen LogP contribution is 2.22. The van der Waals surface area contributed by atoms with Crippen LogP contribution in [0.5, 0.6) is 5.75 Å². The normalized spacial score (nSPS) is 10.0. The molecule has 0 unspecified atom stereocenters. The summed E-state index contributed by atoms with van der Waals surface area (Å²) in [5.41, 5.74) is 1.55. The second-order valence-electron chi connectivity index (χ2n) is 3.23. The van der Waals surface area contributed by atoms with E-state index in [2.05, 4.69) is 6.58 Å². The van der Waals surface area contributed by atoms with E-state index in [0.717, 1.165) is 11.6 Å². The number of halogens is 2. The molecule has 0 aromatic heterocycles. The Morgan fingerprint density at radius 3 is 2.57 bits per heavy atom. The van der Waals surface area contributed by atoms with Crippen molar-refractivity contribution in [2.45, 2.75) is 13.3 Å². The lowest BCUT2D eigenvalue weighted by molar-refractivity contribution is 0.371. The van der Waals surface area contributed by atoms with Crippen LogP contribution in [0.3, 0.4) is 0 Å². The molecule has 14 heavy (non-hydrogen) atoms. The average molecular weight is 198 g/mol. The second kappa shape index (κ2) is 4.22. The van der Waals surface area contributed by atoms with Crippen molar-refractivity contribution in [2.24, 2.45) is 0 Å². The summed E-state index contributed by atoms with van der Waals surface area (Å²) >= 11 is 0. The minimum absolute atomic E-state index is 0.0683. The molecule has 0 spiro atoms. The molecule has 0 fully saturated rings. The molecule has 0 saturated heterocycles. The maximum atomic E-state index is 13.0. The first kappa shape index (κ1) is 10.7. The maximum Gasteiger partial charge on any atom is 0.200 e. The average Bonchev–Trinajstić information content (AvgIpc) is 2.10. The molecule has 0 aliphatic carbocycles. The number of hydrogen-bond donors (Lipinski definition) is 0.